The molecule has 0 heterocycles. The Morgan fingerprint density at radius 3 is 1.04 bits per heavy atom. The van der Waals surface area contributed by atoms with Gasteiger partial charge in [-0.05, 0) is 32.7 Å². The monoisotopic (exact) mass is 422 g/mol. The molecule has 28 heavy (non-hydrogen) atoms. The fourth-order valence-corrected chi connectivity index (χ4v) is 5.71. The quantitative estimate of drug-likeness (QED) is 0.329. The van der Waals surface area contributed by atoms with E-state index in [1.54, 1.807) is 0 Å². The van der Waals surface area contributed by atoms with Gasteiger partial charge in [0.05, 0.1) is 12.3 Å². The minimum absolute atomic E-state index is 0.132. The summed E-state index contributed by atoms with van der Waals surface area (Å²) in [7, 11) is -1.03. The Morgan fingerprint density at radius 1 is 0.571 bits per heavy atom. The van der Waals surface area contributed by atoms with Gasteiger partial charge in [0.2, 0.25) is 0 Å². The highest BCUT2D eigenvalue weighted by Crippen LogP contribution is 2.55. The molecular formula is C20H24O6P2. The lowest BCUT2D eigenvalue weighted by Gasteiger charge is -2.21. The van der Waals surface area contributed by atoms with E-state index in [0.29, 0.717) is 0 Å². The molecular weight excluding hydrogens is 398 g/mol. The highest BCUT2D eigenvalue weighted by atomic mass is 31.2. The minimum Gasteiger partial charge on any atom is -0.312 e. The molecule has 3 aromatic rings. The summed E-state index contributed by atoms with van der Waals surface area (Å²) in [6.45, 7) is 0. The molecule has 3 aromatic carbocycles. The number of rotatable bonds is 8. The summed E-state index contributed by atoms with van der Waals surface area (Å²) in [5, 5.41) is 3.63. The van der Waals surface area contributed by atoms with E-state index >= 15 is 0 Å². The van der Waals surface area contributed by atoms with Crippen LogP contribution in [0.3, 0.4) is 0 Å². The molecule has 0 bridgehead atoms. The van der Waals surface area contributed by atoms with Gasteiger partial charge in [0, 0.05) is 28.4 Å². The third-order valence-corrected chi connectivity index (χ3v) is 8.60. The summed E-state index contributed by atoms with van der Waals surface area (Å²) in [6.07, 6.45) is 0.265. The van der Waals surface area contributed by atoms with Crippen LogP contribution in [0.1, 0.15) is 11.1 Å². The van der Waals surface area contributed by atoms with E-state index in [4.69, 9.17) is 18.1 Å². The lowest BCUT2D eigenvalue weighted by atomic mass is 9.93. The van der Waals surface area contributed by atoms with Crippen LogP contribution in [0.4, 0.5) is 0 Å². The van der Waals surface area contributed by atoms with Gasteiger partial charge in [-0.1, -0.05) is 48.5 Å². The maximum atomic E-state index is 12.9. The summed E-state index contributed by atoms with van der Waals surface area (Å²) in [5.74, 6) is 0. The van der Waals surface area contributed by atoms with Gasteiger partial charge in [-0.3, -0.25) is 9.13 Å². The molecule has 0 fully saturated rings. The largest absolute Gasteiger partial charge is 0.334 e. The van der Waals surface area contributed by atoms with Crippen LogP contribution in [0.25, 0.3) is 21.5 Å². The van der Waals surface area contributed by atoms with E-state index in [1.165, 1.54) is 28.4 Å². The third-order valence-electron chi connectivity index (χ3n) is 4.97. The summed E-state index contributed by atoms with van der Waals surface area (Å²) < 4.78 is 46.5. The Bertz CT molecular complexity index is 936. The molecule has 0 spiro atoms. The molecule has 3 rings (SSSR count). The van der Waals surface area contributed by atoms with Crippen LogP contribution in [0.15, 0.2) is 48.5 Å². The Kier molecular flexibility index (Phi) is 6.41. The van der Waals surface area contributed by atoms with Crippen LogP contribution in [0.5, 0.6) is 0 Å². The van der Waals surface area contributed by atoms with E-state index in [2.05, 4.69) is 0 Å². The van der Waals surface area contributed by atoms with Gasteiger partial charge in [-0.15, -0.1) is 0 Å². The molecule has 0 unspecified atom stereocenters. The summed E-state index contributed by atoms with van der Waals surface area (Å²) >= 11 is 0. The average Bonchev–Trinajstić information content (AvgIpc) is 2.75. The Hall–Kier alpha value is -1.52. The first kappa shape index (κ1) is 21.2. The van der Waals surface area contributed by atoms with Crippen LogP contribution in [0.2, 0.25) is 0 Å². The lowest BCUT2D eigenvalue weighted by molar-refractivity contribution is 0.274. The number of hydrogen-bond acceptors (Lipinski definition) is 6. The first-order valence-electron chi connectivity index (χ1n) is 8.72. The van der Waals surface area contributed by atoms with Gasteiger partial charge in [-0.25, -0.2) is 0 Å². The van der Waals surface area contributed by atoms with Crippen molar-refractivity contribution in [1.29, 1.82) is 0 Å². The predicted molar refractivity (Wildman–Crippen MR) is 112 cm³/mol. The van der Waals surface area contributed by atoms with Crippen LogP contribution < -0.4 is 0 Å². The maximum absolute atomic E-state index is 12.9. The van der Waals surface area contributed by atoms with Crippen molar-refractivity contribution >= 4 is 36.7 Å². The zero-order valence-electron chi connectivity index (χ0n) is 16.4. The van der Waals surface area contributed by atoms with Gasteiger partial charge in [0.25, 0.3) is 0 Å². The molecule has 8 heteroatoms. The van der Waals surface area contributed by atoms with E-state index in [0.717, 1.165) is 32.7 Å². The van der Waals surface area contributed by atoms with Crippen LogP contribution in [0, 0.1) is 0 Å². The highest BCUT2D eigenvalue weighted by molar-refractivity contribution is 7.53. The van der Waals surface area contributed by atoms with Crippen LogP contribution >= 0.6 is 15.2 Å². The second-order valence-corrected chi connectivity index (χ2v) is 10.9. The Morgan fingerprint density at radius 2 is 0.821 bits per heavy atom. The first-order chi connectivity index (χ1) is 13.4. The maximum Gasteiger partial charge on any atom is 0.334 e. The molecule has 0 N–H and O–H groups in total. The molecule has 0 aliphatic rings. The minimum atomic E-state index is -3.28. The van der Waals surface area contributed by atoms with Crippen LogP contribution in [-0.4, -0.2) is 28.4 Å². The smallest absolute Gasteiger partial charge is 0.312 e. The molecule has 0 saturated heterocycles. The Balaban J connectivity index is 2.36. The predicted octanol–water partition coefficient (Wildman–Crippen LogP) is 5.96. The van der Waals surface area contributed by atoms with Gasteiger partial charge < -0.3 is 18.1 Å². The molecule has 0 saturated carbocycles. The summed E-state index contributed by atoms with van der Waals surface area (Å²) in [6, 6.07) is 15.5. The fourth-order valence-electron chi connectivity index (χ4n) is 3.44. The van der Waals surface area contributed by atoms with Gasteiger partial charge in [-0.2, -0.15) is 0 Å². The lowest BCUT2D eigenvalue weighted by Crippen LogP contribution is -2.01. The number of hydrogen-bond donors (Lipinski definition) is 0. The van der Waals surface area contributed by atoms with E-state index in [-0.39, 0.29) is 12.3 Å². The fraction of sp³-hybridized carbons (Fsp3) is 0.300. The second kappa shape index (κ2) is 8.46. The summed E-state index contributed by atoms with van der Waals surface area (Å²) in [4.78, 5) is 0. The van der Waals surface area contributed by atoms with Crippen molar-refractivity contribution in [3.63, 3.8) is 0 Å². The topological polar surface area (TPSA) is 71.1 Å². The zero-order valence-corrected chi connectivity index (χ0v) is 18.2. The SMILES string of the molecule is COP(=O)(Cc1c2ccccc2c(CP(=O)(OC)OC)c2ccccc12)OC. The molecule has 0 aliphatic carbocycles. The second-order valence-electron chi connectivity index (χ2n) is 6.32. The molecule has 0 aromatic heterocycles. The number of benzene rings is 3. The van der Waals surface area contributed by atoms with Crippen molar-refractivity contribution in [3.8, 4) is 0 Å². The molecule has 6 nitrogen and oxygen atoms in total. The van der Waals surface area contributed by atoms with Gasteiger partial charge >= 0.3 is 15.2 Å². The van der Waals surface area contributed by atoms with Gasteiger partial charge in [0.1, 0.15) is 0 Å². The standard InChI is InChI=1S/C20H24O6P2/c1-23-27(21,24-2)13-19-15-9-5-7-11-17(15)20(14-28(22,25-3)26-4)18-12-8-6-10-16(18)19/h5-12H,13-14H2,1-4H3. The van der Waals surface area contributed by atoms with Crippen molar-refractivity contribution in [2.45, 2.75) is 12.3 Å². The van der Waals surface area contributed by atoms with Crippen molar-refractivity contribution in [2.24, 2.45) is 0 Å². The average molecular weight is 422 g/mol. The summed E-state index contributed by atoms with van der Waals surface area (Å²) in [5.41, 5.74) is 1.73. The van der Waals surface area contributed by atoms with Gasteiger partial charge in [0.15, 0.2) is 0 Å². The van der Waals surface area contributed by atoms with E-state index in [1.807, 2.05) is 48.5 Å². The number of fused-ring (bicyclic) bond motifs is 2. The molecule has 0 amide bonds. The molecule has 0 aliphatic heterocycles. The van der Waals surface area contributed by atoms with E-state index in [9.17, 15) is 9.13 Å². The third kappa shape index (κ3) is 3.95. The van der Waals surface area contributed by atoms with Crippen molar-refractivity contribution in [2.75, 3.05) is 28.4 Å². The van der Waals surface area contributed by atoms with E-state index < -0.39 is 15.2 Å². The molecule has 150 valence electrons. The molecule has 0 atom stereocenters. The van der Waals surface area contributed by atoms with Crippen molar-refractivity contribution < 1.29 is 27.2 Å². The van der Waals surface area contributed by atoms with Crippen molar-refractivity contribution in [3.05, 3.63) is 59.7 Å². The van der Waals surface area contributed by atoms with Crippen molar-refractivity contribution in [1.82, 2.24) is 0 Å². The van der Waals surface area contributed by atoms with Crippen LogP contribution in [-0.2, 0) is 39.5 Å². The first-order valence-corrected chi connectivity index (χ1v) is 12.2. The normalized spacial score (nSPS) is 12.7. The highest BCUT2D eigenvalue weighted by Gasteiger charge is 2.28. The molecule has 0 radical (unpaired) electrons. The Labute approximate surface area is 164 Å². The zero-order chi connectivity index (χ0) is 20.4.